The minimum Gasteiger partial charge on any atom is -0.477 e. The van der Waals surface area contributed by atoms with Crippen molar-refractivity contribution in [3.8, 4) is 0 Å². The van der Waals surface area contributed by atoms with Crippen LogP contribution in [0.1, 0.15) is 21.7 Å². The van der Waals surface area contributed by atoms with E-state index in [0.29, 0.717) is 11.3 Å². The van der Waals surface area contributed by atoms with Crippen molar-refractivity contribution < 1.29 is 23.4 Å². The van der Waals surface area contributed by atoms with Crippen molar-refractivity contribution in [3.63, 3.8) is 0 Å². The van der Waals surface area contributed by atoms with Crippen molar-refractivity contribution in [2.75, 3.05) is 12.4 Å². The molecule has 0 unspecified atom stereocenters. The SMILES string of the molecule is O=C(O)c1c2c(nn1CCO)CS(=O)(=O)CC2. The summed E-state index contributed by atoms with van der Waals surface area (Å²) >= 11 is 0. The second-order valence-electron chi connectivity index (χ2n) is 3.87. The Hall–Kier alpha value is -1.41. The molecule has 1 aromatic heterocycles. The zero-order valence-corrected chi connectivity index (χ0v) is 9.77. The molecule has 2 N–H and O–H groups in total. The van der Waals surface area contributed by atoms with E-state index in [4.69, 9.17) is 10.2 Å². The van der Waals surface area contributed by atoms with E-state index in [-0.39, 0.29) is 36.8 Å². The number of rotatable bonds is 3. The Bertz CT molecular complexity index is 560. The molecule has 1 aliphatic rings. The van der Waals surface area contributed by atoms with Crippen LogP contribution in [0.15, 0.2) is 0 Å². The number of aliphatic hydroxyl groups is 1. The number of hydrogen-bond acceptors (Lipinski definition) is 5. The molecule has 17 heavy (non-hydrogen) atoms. The van der Waals surface area contributed by atoms with Crippen molar-refractivity contribution in [1.29, 1.82) is 0 Å². The summed E-state index contributed by atoms with van der Waals surface area (Å²) in [6.45, 7) is -0.192. The van der Waals surface area contributed by atoms with Crippen LogP contribution in [-0.4, -0.2) is 46.7 Å². The number of hydrogen-bond donors (Lipinski definition) is 2. The molecule has 1 aliphatic heterocycles. The fourth-order valence-electron chi connectivity index (χ4n) is 1.96. The highest BCUT2D eigenvalue weighted by Gasteiger charge is 2.30. The van der Waals surface area contributed by atoms with Gasteiger partial charge in [-0.1, -0.05) is 0 Å². The second-order valence-corrected chi connectivity index (χ2v) is 6.05. The minimum atomic E-state index is -3.17. The van der Waals surface area contributed by atoms with Crippen molar-refractivity contribution in [3.05, 3.63) is 17.0 Å². The van der Waals surface area contributed by atoms with E-state index in [0.717, 1.165) is 4.68 Å². The average molecular weight is 260 g/mol. The smallest absolute Gasteiger partial charge is 0.354 e. The molecule has 7 nitrogen and oxygen atoms in total. The minimum absolute atomic E-state index is 0.0102. The van der Waals surface area contributed by atoms with Crippen molar-refractivity contribution >= 4 is 15.8 Å². The number of carboxylic acid groups (broad SMARTS) is 1. The fourth-order valence-corrected chi connectivity index (χ4v) is 3.27. The van der Waals surface area contributed by atoms with E-state index in [9.17, 15) is 13.2 Å². The molecule has 1 aromatic rings. The number of aromatic nitrogens is 2. The summed E-state index contributed by atoms with van der Waals surface area (Å²) in [5.41, 5.74) is 0.756. The number of aliphatic hydroxyl groups excluding tert-OH is 1. The van der Waals surface area contributed by atoms with Crippen LogP contribution < -0.4 is 0 Å². The maximum Gasteiger partial charge on any atom is 0.354 e. The Morgan fingerprint density at radius 2 is 2.18 bits per heavy atom. The van der Waals surface area contributed by atoms with Crippen molar-refractivity contribution in [2.45, 2.75) is 18.7 Å². The lowest BCUT2D eigenvalue weighted by Gasteiger charge is -2.10. The maximum absolute atomic E-state index is 11.4. The molecule has 0 aliphatic carbocycles. The van der Waals surface area contributed by atoms with Crippen LogP contribution in [0.25, 0.3) is 0 Å². The summed E-state index contributed by atoms with van der Waals surface area (Å²) in [5.74, 6) is -1.42. The van der Waals surface area contributed by atoms with E-state index in [1.165, 1.54) is 0 Å². The van der Waals surface area contributed by atoms with Gasteiger partial charge in [0.05, 0.1) is 30.4 Å². The van der Waals surface area contributed by atoms with Gasteiger partial charge in [0.1, 0.15) is 5.69 Å². The highest BCUT2D eigenvalue weighted by Crippen LogP contribution is 2.23. The van der Waals surface area contributed by atoms with E-state index < -0.39 is 15.8 Å². The summed E-state index contributed by atoms with van der Waals surface area (Å²) in [6.07, 6.45) is 0.171. The van der Waals surface area contributed by atoms with E-state index >= 15 is 0 Å². The number of nitrogens with zero attached hydrogens (tertiary/aromatic N) is 2. The van der Waals surface area contributed by atoms with Gasteiger partial charge in [0.25, 0.3) is 0 Å². The molecular weight excluding hydrogens is 248 g/mol. The molecule has 2 heterocycles. The molecule has 2 rings (SSSR count). The third-order valence-electron chi connectivity index (χ3n) is 2.67. The molecule has 0 aromatic carbocycles. The molecule has 0 atom stereocenters. The number of carboxylic acids is 1. The number of fused-ring (bicyclic) bond motifs is 1. The topological polar surface area (TPSA) is 109 Å². The normalized spacial score (nSPS) is 17.7. The maximum atomic E-state index is 11.4. The summed E-state index contributed by atoms with van der Waals surface area (Å²) in [7, 11) is -3.17. The highest BCUT2D eigenvalue weighted by molar-refractivity contribution is 7.90. The van der Waals surface area contributed by atoms with Gasteiger partial charge in [0.2, 0.25) is 0 Å². The van der Waals surface area contributed by atoms with Crippen LogP contribution in [-0.2, 0) is 28.6 Å². The molecular formula is C9H12N2O5S. The molecule has 0 saturated heterocycles. The molecule has 0 bridgehead atoms. The molecule has 0 saturated carbocycles. The molecule has 8 heteroatoms. The third kappa shape index (κ3) is 2.18. The Kier molecular flexibility index (Phi) is 2.92. The predicted octanol–water partition coefficient (Wildman–Crippen LogP) is -0.956. The number of aromatic carboxylic acids is 1. The first kappa shape index (κ1) is 12.1. The fraction of sp³-hybridized carbons (Fsp3) is 0.556. The summed E-state index contributed by atoms with van der Waals surface area (Å²) in [5, 5.41) is 21.8. The lowest BCUT2D eigenvalue weighted by Crippen LogP contribution is -2.19. The first-order valence-corrected chi connectivity index (χ1v) is 6.90. The molecule has 0 radical (unpaired) electrons. The largest absolute Gasteiger partial charge is 0.477 e. The number of carbonyl (C=O) groups is 1. The van der Waals surface area contributed by atoms with Gasteiger partial charge >= 0.3 is 5.97 Å². The molecule has 94 valence electrons. The summed E-state index contributed by atoms with van der Waals surface area (Å²) < 4.78 is 24.0. The van der Waals surface area contributed by atoms with Gasteiger partial charge < -0.3 is 10.2 Å². The Labute approximate surface area is 97.6 Å². The zero-order valence-electron chi connectivity index (χ0n) is 8.96. The third-order valence-corrected chi connectivity index (χ3v) is 4.21. The molecule has 0 amide bonds. The lowest BCUT2D eigenvalue weighted by molar-refractivity contribution is 0.0680. The quantitative estimate of drug-likeness (QED) is 0.724. The van der Waals surface area contributed by atoms with Gasteiger partial charge in [-0.05, 0) is 6.42 Å². The van der Waals surface area contributed by atoms with Gasteiger partial charge in [-0.3, -0.25) is 4.68 Å². The van der Waals surface area contributed by atoms with E-state index in [1.807, 2.05) is 0 Å². The molecule has 0 fully saturated rings. The first-order chi connectivity index (χ1) is 7.94. The van der Waals surface area contributed by atoms with Gasteiger partial charge in [0.15, 0.2) is 9.84 Å². The predicted molar refractivity (Wildman–Crippen MR) is 57.5 cm³/mol. The lowest BCUT2D eigenvalue weighted by atomic mass is 10.1. The van der Waals surface area contributed by atoms with Gasteiger partial charge in [-0.15, -0.1) is 0 Å². The van der Waals surface area contributed by atoms with Crippen molar-refractivity contribution in [1.82, 2.24) is 9.78 Å². The summed E-state index contributed by atoms with van der Waals surface area (Å²) in [6, 6.07) is 0. The van der Waals surface area contributed by atoms with Crippen LogP contribution in [0, 0.1) is 0 Å². The van der Waals surface area contributed by atoms with Crippen LogP contribution in [0.4, 0.5) is 0 Å². The summed E-state index contributed by atoms with van der Waals surface area (Å²) in [4.78, 5) is 11.1. The van der Waals surface area contributed by atoms with Gasteiger partial charge in [-0.25, -0.2) is 13.2 Å². The zero-order chi connectivity index (χ0) is 12.6. The van der Waals surface area contributed by atoms with Crippen LogP contribution in [0.5, 0.6) is 0 Å². The van der Waals surface area contributed by atoms with Crippen LogP contribution in [0.3, 0.4) is 0 Å². The molecule has 0 spiro atoms. The van der Waals surface area contributed by atoms with Gasteiger partial charge in [-0.2, -0.15) is 5.10 Å². The van der Waals surface area contributed by atoms with Crippen LogP contribution >= 0.6 is 0 Å². The van der Waals surface area contributed by atoms with Gasteiger partial charge in [0, 0.05) is 5.56 Å². The average Bonchev–Trinajstić information content (AvgIpc) is 2.53. The monoisotopic (exact) mass is 260 g/mol. The van der Waals surface area contributed by atoms with E-state index in [1.54, 1.807) is 0 Å². The Morgan fingerprint density at radius 3 is 2.76 bits per heavy atom. The Balaban J connectivity index is 2.52. The van der Waals surface area contributed by atoms with E-state index in [2.05, 4.69) is 5.10 Å². The Morgan fingerprint density at radius 1 is 1.47 bits per heavy atom. The highest BCUT2D eigenvalue weighted by atomic mass is 32.2. The second kappa shape index (κ2) is 4.11. The first-order valence-electron chi connectivity index (χ1n) is 5.08. The van der Waals surface area contributed by atoms with Crippen molar-refractivity contribution in [2.24, 2.45) is 0 Å². The number of sulfone groups is 1. The standard InChI is InChI=1S/C9H12N2O5S/c12-3-2-11-8(9(13)14)6-1-4-17(15,16)5-7(6)10-11/h12H,1-5H2,(H,13,14). The van der Waals surface area contributed by atoms with Crippen LogP contribution in [0.2, 0.25) is 0 Å².